The number of aryl methyl sites for hydroxylation is 1. The number of nitrogens with one attached hydrogen (secondary N) is 1. The van der Waals surface area contributed by atoms with E-state index in [2.05, 4.69) is 10.3 Å². The van der Waals surface area contributed by atoms with Gasteiger partial charge in [0.25, 0.3) is 5.91 Å². The molecule has 7 heteroatoms. The van der Waals surface area contributed by atoms with Crippen LogP contribution in [0.4, 0.5) is 0 Å². The van der Waals surface area contributed by atoms with Crippen molar-refractivity contribution in [2.75, 3.05) is 13.2 Å². The molecule has 2 heterocycles. The molecule has 6 rings (SSSR count). The number of thiazole rings is 1. The lowest BCUT2D eigenvalue weighted by Gasteiger charge is -2.58. The number of carbonyl (C=O) groups is 1. The minimum Gasteiger partial charge on any atom is -0.468 e. The van der Waals surface area contributed by atoms with Crippen molar-refractivity contribution in [2.45, 2.75) is 56.8 Å². The van der Waals surface area contributed by atoms with E-state index in [-0.39, 0.29) is 18.1 Å². The summed E-state index contributed by atoms with van der Waals surface area (Å²) in [5.74, 6) is 1.80. The summed E-state index contributed by atoms with van der Waals surface area (Å²) >= 11 is 1.39. The molecule has 5 fully saturated rings. The molecule has 1 aromatic heterocycles. The maximum atomic E-state index is 12.9. The summed E-state index contributed by atoms with van der Waals surface area (Å²) in [4.78, 5) is 17.9. The van der Waals surface area contributed by atoms with Crippen LogP contribution >= 0.6 is 11.3 Å². The summed E-state index contributed by atoms with van der Waals surface area (Å²) in [7, 11) is 0. The van der Waals surface area contributed by atoms with Gasteiger partial charge >= 0.3 is 0 Å². The Bertz CT molecular complexity index is 685. The van der Waals surface area contributed by atoms with Gasteiger partial charge in [-0.05, 0) is 56.8 Å². The molecule has 1 aliphatic heterocycles. The fourth-order valence-corrected chi connectivity index (χ4v) is 6.26. The largest absolute Gasteiger partial charge is 0.468 e. The molecule has 4 aliphatic carbocycles. The first-order valence-corrected chi connectivity index (χ1v) is 10.1. The zero-order valence-corrected chi connectivity index (χ0v) is 15.2. The van der Waals surface area contributed by atoms with E-state index in [1.54, 1.807) is 0 Å². The van der Waals surface area contributed by atoms with Gasteiger partial charge in [-0.1, -0.05) is 0 Å². The van der Waals surface area contributed by atoms with Crippen molar-refractivity contribution in [3.05, 3.63) is 9.88 Å². The average Bonchev–Trinajstić information content (AvgIpc) is 2.86. The molecule has 0 spiro atoms. The Kier molecular flexibility index (Phi) is 3.63. The summed E-state index contributed by atoms with van der Waals surface area (Å²) in [6.07, 6.45) is 4.88. The normalized spacial score (nSPS) is 39.3. The number of hydrogen-bond acceptors (Lipinski definition) is 6. The van der Waals surface area contributed by atoms with Gasteiger partial charge in [-0.3, -0.25) is 4.79 Å². The highest BCUT2D eigenvalue weighted by Gasteiger charge is 2.55. The van der Waals surface area contributed by atoms with E-state index in [1.165, 1.54) is 11.3 Å². The van der Waals surface area contributed by atoms with Crippen LogP contribution in [0.3, 0.4) is 0 Å². The first-order valence-electron chi connectivity index (χ1n) is 9.24. The van der Waals surface area contributed by atoms with Crippen LogP contribution in [0.2, 0.25) is 0 Å². The van der Waals surface area contributed by atoms with Crippen LogP contribution in [0, 0.1) is 24.7 Å². The predicted octanol–water partition coefficient (Wildman–Crippen LogP) is 1.90. The van der Waals surface area contributed by atoms with Crippen molar-refractivity contribution >= 4 is 17.2 Å². The number of rotatable bonds is 4. The number of nitrogens with zero attached hydrogens (tertiary/aromatic N) is 1. The lowest BCUT2D eigenvalue weighted by molar-refractivity contribution is -0.136. The van der Waals surface area contributed by atoms with E-state index < -0.39 is 5.60 Å². The van der Waals surface area contributed by atoms with Crippen LogP contribution in [0.5, 0.6) is 5.88 Å². The predicted molar refractivity (Wildman–Crippen MR) is 91.8 cm³/mol. The smallest absolute Gasteiger partial charge is 0.267 e. The third kappa shape index (κ3) is 2.76. The van der Waals surface area contributed by atoms with E-state index in [0.29, 0.717) is 41.7 Å². The molecule has 2 N–H and O–H groups in total. The number of hydrogen-bond donors (Lipinski definition) is 2. The van der Waals surface area contributed by atoms with Crippen molar-refractivity contribution in [3.8, 4) is 5.88 Å². The van der Waals surface area contributed by atoms with Gasteiger partial charge in [-0.15, -0.1) is 11.3 Å². The lowest BCUT2D eigenvalue weighted by Crippen LogP contribution is -2.61. The number of aliphatic hydroxyl groups is 1. The van der Waals surface area contributed by atoms with Crippen LogP contribution < -0.4 is 10.1 Å². The second-order valence-corrected chi connectivity index (χ2v) is 9.54. The van der Waals surface area contributed by atoms with Gasteiger partial charge < -0.3 is 19.9 Å². The summed E-state index contributed by atoms with van der Waals surface area (Å²) in [6.45, 7) is 3.01. The van der Waals surface area contributed by atoms with E-state index in [0.717, 1.165) is 37.1 Å². The van der Waals surface area contributed by atoms with E-state index in [9.17, 15) is 9.90 Å². The third-order valence-corrected chi connectivity index (χ3v) is 7.28. The van der Waals surface area contributed by atoms with Crippen LogP contribution in [-0.4, -0.2) is 47.0 Å². The number of ether oxygens (including phenoxy) is 2. The second-order valence-electron chi connectivity index (χ2n) is 8.34. The maximum Gasteiger partial charge on any atom is 0.267 e. The molecule has 136 valence electrons. The Morgan fingerprint density at radius 1 is 1.32 bits per heavy atom. The number of aromatic nitrogens is 1. The lowest BCUT2D eigenvalue weighted by atomic mass is 9.52. The minimum absolute atomic E-state index is 0.00321. The van der Waals surface area contributed by atoms with Gasteiger partial charge in [0.1, 0.15) is 6.10 Å². The highest BCUT2D eigenvalue weighted by atomic mass is 32.1. The van der Waals surface area contributed by atoms with Crippen molar-refractivity contribution < 1.29 is 19.4 Å². The van der Waals surface area contributed by atoms with Crippen molar-refractivity contribution in [2.24, 2.45) is 17.8 Å². The standard InChI is InChI=1S/C18H24N2O4S/c1-9-19-17(24-13-7-23-8-13)15(25-9)16(21)20-14-11-2-10-3-12(14)6-18(22,4-10)5-11/h10-14,22H,2-8H2,1H3,(H,20,21). The molecule has 2 atom stereocenters. The van der Waals surface area contributed by atoms with Gasteiger partial charge in [-0.2, -0.15) is 0 Å². The number of amides is 1. The molecule has 6 nitrogen and oxygen atoms in total. The molecule has 5 aliphatic rings. The molecular formula is C18H24N2O4S. The Labute approximate surface area is 150 Å². The van der Waals surface area contributed by atoms with Crippen molar-refractivity contribution in [1.29, 1.82) is 0 Å². The summed E-state index contributed by atoms with van der Waals surface area (Å²) in [6, 6.07) is 0.173. The average molecular weight is 364 g/mol. The van der Waals surface area contributed by atoms with Crippen LogP contribution in [0.1, 0.15) is 46.8 Å². The Morgan fingerprint density at radius 3 is 2.64 bits per heavy atom. The third-order valence-electron chi connectivity index (χ3n) is 6.33. The van der Waals surface area contributed by atoms with Crippen LogP contribution in [-0.2, 0) is 4.74 Å². The molecule has 0 aromatic carbocycles. The highest BCUT2D eigenvalue weighted by molar-refractivity contribution is 7.13. The van der Waals surface area contributed by atoms with Crippen LogP contribution in [0.15, 0.2) is 0 Å². The van der Waals surface area contributed by atoms with Gasteiger partial charge in [0, 0.05) is 6.04 Å². The number of carbonyl (C=O) groups excluding carboxylic acids is 1. The van der Waals surface area contributed by atoms with E-state index in [1.807, 2.05) is 6.92 Å². The molecule has 1 amide bonds. The SMILES string of the molecule is Cc1nc(OC2COC2)c(C(=O)NC2C3CC4CC2CC(O)(C4)C3)s1. The zero-order valence-electron chi connectivity index (χ0n) is 14.4. The quantitative estimate of drug-likeness (QED) is 0.853. The summed E-state index contributed by atoms with van der Waals surface area (Å²) < 4.78 is 11.0. The van der Waals surface area contributed by atoms with E-state index >= 15 is 0 Å². The van der Waals surface area contributed by atoms with Gasteiger partial charge in [0.15, 0.2) is 4.88 Å². The minimum atomic E-state index is -0.475. The first-order chi connectivity index (χ1) is 12.0. The first kappa shape index (κ1) is 16.0. The monoisotopic (exact) mass is 364 g/mol. The highest BCUT2D eigenvalue weighted by Crippen LogP contribution is 2.55. The van der Waals surface area contributed by atoms with Crippen molar-refractivity contribution in [1.82, 2.24) is 10.3 Å². The Morgan fingerprint density at radius 2 is 2.04 bits per heavy atom. The maximum absolute atomic E-state index is 12.9. The Hall–Kier alpha value is -1.18. The van der Waals surface area contributed by atoms with Crippen molar-refractivity contribution in [3.63, 3.8) is 0 Å². The van der Waals surface area contributed by atoms with Gasteiger partial charge in [-0.25, -0.2) is 4.98 Å². The fraction of sp³-hybridized carbons (Fsp3) is 0.778. The van der Waals surface area contributed by atoms with Gasteiger partial charge in [0.05, 0.1) is 23.8 Å². The molecule has 4 saturated carbocycles. The molecule has 25 heavy (non-hydrogen) atoms. The molecule has 1 aromatic rings. The summed E-state index contributed by atoms with van der Waals surface area (Å²) in [5.41, 5.74) is -0.475. The fourth-order valence-electron chi connectivity index (χ4n) is 5.51. The molecule has 1 saturated heterocycles. The second kappa shape index (κ2) is 5.66. The van der Waals surface area contributed by atoms with Crippen LogP contribution in [0.25, 0.3) is 0 Å². The van der Waals surface area contributed by atoms with E-state index in [4.69, 9.17) is 9.47 Å². The molecular weight excluding hydrogens is 340 g/mol. The summed E-state index contributed by atoms with van der Waals surface area (Å²) in [5, 5.41) is 14.8. The molecule has 4 bridgehead atoms. The topological polar surface area (TPSA) is 80.7 Å². The Balaban J connectivity index is 1.32. The zero-order chi connectivity index (χ0) is 17.2. The molecule has 2 unspecified atom stereocenters. The van der Waals surface area contributed by atoms with Gasteiger partial charge in [0.2, 0.25) is 5.88 Å². The molecule has 0 radical (unpaired) electrons.